The number of hydrogen-bond donors (Lipinski definition) is 1. The molecule has 3 aromatic rings. The summed E-state index contributed by atoms with van der Waals surface area (Å²) in [7, 11) is 0. The van der Waals surface area contributed by atoms with Gasteiger partial charge in [-0.2, -0.15) is 0 Å². The molecular weight excluding hydrogens is 421 g/mol. The highest BCUT2D eigenvalue weighted by Gasteiger charge is 2.32. The SMILES string of the molecule is O=C(c1ccc(F)cc1)N1CCCC[C@H]1c1nc2c(c(=O)[nH]1)CCN(Cc1ccncc1)C2. The highest BCUT2D eigenvalue weighted by Crippen LogP contribution is 2.31. The van der Waals surface area contributed by atoms with E-state index in [1.54, 1.807) is 17.3 Å². The van der Waals surface area contributed by atoms with Gasteiger partial charge in [-0.1, -0.05) is 0 Å². The summed E-state index contributed by atoms with van der Waals surface area (Å²) in [5, 5.41) is 0. The first kappa shape index (κ1) is 21.5. The minimum Gasteiger partial charge on any atom is -0.328 e. The molecule has 4 heterocycles. The molecule has 7 nitrogen and oxygen atoms in total. The fraction of sp³-hybridized carbons (Fsp3) is 0.360. The fourth-order valence-corrected chi connectivity index (χ4v) is 4.77. The van der Waals surface area contributed by atoms with E-state index in [0.29, 0.717) is 30.9 Å². The van der Waals surface area contributed by atoms with Gasteiger partial charge in [0.05, 0.1) is 11.7 Å². The van der Waals surface area contributed by atoms with Crippen molar-refractivity contribution in [1.82, 2.24) is 24.8 Å². The number of piperidine rings is 1. The number of nitrogens with zero attached hydrogens (tertiary/aromatic N) is 4. The molecule has 33 heavy (non-hydrogen) atoms. The normalized spacial score (nSPS) is 18.7. The van der Waals surface area contributed by atoms with Crippen LogP contribution in [0.25, 0.3) is 0 Å². The van der Waals surface area contributed by atoms with E-state index >= 15 is 0 Å². The zero-order valence-electron chi connectivity index (χ0n) is 18.3. The van der Waals surface area contributed by atoms with Gasteiger partial charge in [0.2, 0.25) is 0 Å². The number of aromatic nitrogens is 3. The molecule has 0 spiro atoms. The van der Waals surface area contributed by atoms with E-state index in [1.807, 2.05) is 12.1 Å². The number of carbonyl (C=O) groups excluding carboxylic acids is 1. The second-order valence-corrected chi connectivity index (χ2v) is 8.71. The molecule has 2 aliphatic heterocycles. The Morgan fingerprint density at radius 3 is 2.67 bits per heavy atom. The monoisotopic (exact) mass is 447 g/mol. The molecule has 1 fully saturated rings. The van der Waals surface area contributed by atoms with Crippen molar-refractivity contribution in [2.75, 3.05) is 13.1 Å². The van der Waals surface area contributed by atoms with Gasteiger partial charge in [-0.25, -0.2) is 9.37 Å². The minimum absolute atomic E-state index is 0.113. The number of benzene rings is 1. The van der Waals surface area contributed by atoms with E-state index in [-0.39, 0.29) is 23.3 Å². The highest BCUT2D eigenvalue weighted by atomic mass is 19.1. The highest BCUT2D eigenvalue weighted by molar-refractivity contribution is 5.94. The number of amides is 1. The van der Waals surface area contributed by atoms with E-state index in [2.05, 4.69) is 14.9 Å². The average Bonchev–Trinajstić information content (AvgIpc) is 2.84. The molecular formula is C25H26FN5O2. The van der Waals surface area contributed by atoms with Gasteiger partial charge in [0, 0.05) is 49.7 Å². The quantitative estimate of drug-likeness (QED) is 0.664. The Kier molecular flexibility index (Phi) is 6.00. The first-order chi connectivity index (χ1) is 16.1. The largest absolute Gasteiger partial charge is 0.328 e. The van der Waals surface area contributed by atoms with Crippen molar-refractivity contribution in [3.63, 3.8) is 0 Å². The number of fused-ring (bicyclic) bond motifs is 1. The predicted molar refractivity (Wildman–Crippen MR) is 121 cm³/mol. The Morgan fingerprint density at radius 2 is 1.88 bits per heavy atom. The number of pyridine rings is 1. The van der Waals surface area contributed by atoms with Crippen LogP contribution in [0.2, 0.25) is 0 Å². The van der Waals surface area contributed by atoms with Crippen molar-refractivity contribution in [3.8, 4) is 0 Å². The van der Waals surface area contributed by atoms with Crippen molar-refractivity contribution in [1.29, 1.82) is 0 Å². The number of halogens is 1. The van der Waals surface area contributed by atoms with Crippen LogP contribution in [-0.2, 0) is 19.5 Å². The number of hydrogen-bond acceptors (Lipinski definition) is 5. The van der Waals surface area contributed by atoms with E-state index in [4.69, 9.17) is 4.98 Å². The second-order valence-electron chi connectivity index (χ2n) is 8.71. The van der Waals surface area contributed by atoms with Gasteiger partial charge in [0.25, 0.3) is 11.5 Å². The molecule has 1 amide bonds. The molecule has 8 heteroatoms. The third-order valence-corrected chi connectivity index (χ3v) is 6.50. The summed E-state index contributed by atoms with van der Waals surface area (Å²) < 4.78 is 13.3. The zero-order valence-corrected chi connectivity index (χ0v) is 18.3. The molecule has 1 atom stereocenters. The molecule has 1 aromatic carbocycles. The lowest BCUT2D eigenvalue weighted by Crippen LogP contribution is -2.41. The van der Waals surface area contributed by atoms with E-state index in [0.717, 1.165) is 43.6 Å². The fourth-order valence-electron chi connectivity index (χ4n) is 4.77. The number of rotatable bonds is 4. The van der Waals surface area contributed by atoms with Gasteiger partial charge in [-0.05, 0) is 67.6 Å². The van der Waals surface area contributed by atoms with Crippen molar-refractivity contribution in [3.05, 3.63) is 93.2 Å². The summed E-state index contributed by atoms with van der Waals surface area (Å²) >= 11 is 0. The van der Waals surface area contributed by atoms with Gasteiger partial charge in [0.1, 0.15) is 11.6 Å². The van der Waals surface area contributed by atoms with E-state index in [9.17, 15) is 14.0 Å². The average molecular weight is 448 g/mol. The molecule has 2 aliphatic rings. The van der Waals surface area contributed by atoms with Gasteiger partial charge in [-0.15, -0.1) is 0 Å². The standard InChI is InChI=1S/C25H26FN5O2/c26-19-6-4-18(5-7-19)25(33)31-13-2-1-3-22(31)23-28-21-16-30(14-10-20(21)24(32)29-23)15-17-8-11-27-12-9-17/h4-9,11-12,22H,1-3,10,13-16H2,(H,28,29,32)/t22-/m0/s1. The van der Waals surface area contributed by atoms with Gasteiger partial charge in [-0.3, -0.25) is 19.5 Å². The Hall–Kier alpha value is -3.39. The summed E-state index contributed by atoms with van der Waals surface area (Å²) in [6.07, 6.45) is 6.78. The number of aromatic amines is 1. The topological polar surface area (TPSA) is 82.2 Å². The number of carbonyl (C=O) groups is 1. The summed E-state index contributed by atoms with van der Waals surface area (Å²) in [6.45, 7) is 2.73. The maximum absolute atomic E-state index is 13.3. The lowest BCUT2D eigenvalue weighted by atomic mass is 9.99. The molecule has 0 bridgehead atoms. The summed E-state index contributed by atoms with van der Waals surface area (Å²) in [4.78, 5) is 42.0. The number of H-pyrrole nitrogens is 1. The Labute approximate surface area is 191 Å². The molecule has 5 rings (SSSR count). The molecule has 1 saturated heterocycles. The van der Waals surface area contributed by atoms with Crippen LogP contribution in [0.15, 0.2) is 53.6 Å². The smallest absolute Gasteiger partial charge is 0.254 e. The zero-order chi connectivity index (χ0) is 22.8. The van der Waals surface area contributed by atoms with Crippen LogP contribution in [0.4, 0.5) is 4.39 Å². The first-order valence-electron chi connectivity index (χ1n) is 11.4. The Bertz CT molecular complexity index is 1200. The third-order valence-electron chi connectivity index (χ3n) is 6.50. The first-order valence-corrected chi connectivity index (χ1v) is 11.4. The Morgan fingerprint density at radius 1 is 1.09 bits per heavy atom. The third kappa shape index (κ3) is 4.57. The van der Waals surface area contributed by atoms with Gasteiger partial charge in [0.15, 0.2) is 0 Å². The second kappa shape index (κ2) is 9.23. The van der Waals surface area contributed by atoms with Crippen molar-refractivity contribution in [2.45, 2.75) is 44.8 Å². The lowest BCUT2D eigenvalue weighted by Gasteiger charge is -2.36. The maximum Gasteiger partial charge on any atom is 0.254 e. The van der Waals surface area contributed by atoms with Crippen LogP contribution in [0.1, 0.15) is 58.3 Å². The molecule has 0 radical (unpaired) electrons. The van der Waals surface area contributed by atoms with Crippen LogP contribution >= 0.6 is 0 Å². The van der Waals surface area contributed by atoms with Crippen LogP contribution < -0.4 is 5.56 Å². The predicted octanol–water partition coefficient (Wildman–Crippen LogP) is 3.23. The molecule has 0 saturated carbocycles. The minimum atomic E-state index is -0.376. The van der Waals surface area contributed by atoms with Crippen LogP contribution in [-0.4, -0.2) is 43.7 Å². The van der Waals surface area contributed by atoms with Crippen molar-refractivity contribution in [2.24, 2.45) is 0 Å². The molecule has 0 aliphatic carbocycles. The molecule has 2 aromatic heterocycles. The van der Waals surface area contributed by atoms with Crippen molar-refractivity contribution >= 4 is 5.91 Å². The summed E-state index contributed by atoms with van der Waals surface area (Å²) in [5.74, 6) is -0.00203. The van der Waals surface area contributed by atoms with E-state index < -0.39 is 0 Å². The molecule has 1 N–H and O–H groups in total. The number of nitrogens with one attached hydrogen (secondary N) is 1. The van der Waals surface area contributed by atoms with Crippen LogP contribution in [0, 0.1) is 5.82 Å². The maximum atomic E-state index is 13.3. The lowest BCUT2D eigenvalue weighted by molar-refractivity contribution is 0.0598. The molecule has 0 unspecified atom stereocenters. The van der Waals surface area contributed by atoms with Crippen LogP contribution in [0.5, 0.6) is 0 Å². The van der Waals surface area contributed by atoms with Crippen molar-refractivity contribution < 1.29 is 9.18 Å². The van der Waals surface area contributed by atoms with Gasteiger partial charge < -0.3 is 9.88 Å². The summed E-state index contributed by atoms with van der Waals surface area (Å²) in [6, 6.07) is 9.28. The van der Waals surface area contributed by atoms with Crippen LogP contribution in [0.3, 0.4) is 0 Å². The Balaban J connectivity index is 1.41. The number of likely N-dealkylation sites (tertiary alicyclic amines) is 1. The summed E-state index contributed by atoms with van der Waals surface area (Å²) in [5.41, 5.74) is 3.01. The van der Waals surface area contributed by atoms with Gasteiger partial charge >= 0.3 is 0 Å². The molecule has 170 valence electrons. The van der Waals surface area contributed by atoms with E-state index in [1.165, 1.54) is 29.8 Å².